The number of carboxylic acids is 1. The summed E-state index contributed by atoms with van der Waals surface area (Å²) >= 11 is 0. The number of hydrogen-bond acceptors (Lipinski definition) is 6. The molecule has 0 saturated carbocycles. The first kappa shape index (κ1) is 23.0. The van der Waals surface area contributed by atoms with Gasteiger partial charge in [0.05, 0.1) is 6.54 Å². The van der Waals surface area contributed by atoms with E-state index in [1.54, 1.807) is 12.1 Å². The van der Waals surface area contributed by atoms with Crippen LogP contribution in [0.2, 0.25) is 0 Å². The van der Waals surface area contributed by atoms with Gasteiger partial charge in [0, 0.05) is 24.1 Å². The Balaban J connectivity index is 1.23. The molecular formula is C26H27N3O6. The summed E-state index contributed by atoms with van der Waals surface area (Å²) in [5.74, 6) is -1.15. The monoisotopic (exact) mass is 477 g/mol. The van der Waals surface area contributed by atoms with Crippen molar-refractivity contribution in [3.63, 3.8) is 0 Å². The van der Waals surface area contributed by atoms with E-state index in [-0.39, 0.29) is 24.8 Å². The van der Waals surface area contributed by atoms with Gasteiger partial charge in [0.1, 0.15) is 24.4 Å². The molecule has 0 aliphatic carbocycles. The maximum Gasteiger partial charge on any atom is 0.320 e. The summed E-state index contributed by atoms with van der Waals surface area (Å²) in [6.45, 7) is 1.96. The molecule has 3 aliphatic rings. The molecule has 0 radical (unpaired) electrons. The van der Waals surface area contributed by atoms with E-state index in [1.807, 2.05) is 35.2 Å². The molecule has 0 spiro atoms. The molecule has 2 N–H and O–H groups in total. The van der Waals surface area contributed by atoms with E-state index in [4.69, 9.17) is 4.74 Å². The Labute approximate surface area is 202 Å². The average molecular weight is 478 g/mol. The SMILES string of the molecule is O=C1CCC(N2Cc3c(OCc4ccc(CN5CCCC5C(=O)O)cc4)cccc3C2=O)C(=O)N1. The van der Waals surface area contributed by atoms with Gasteiger partial charge in [-0.2, -0.15) is 0 Å². The third-order valence-electron chi connectivity index (χ3n) is 6.99. The predicted molar refractivity (Wildman–Crippen MR) is 124 cm³/mol. The molecule has 2 aromatic carbocycles. The fourth-order valence-electron chi connectivity index (χ4n) is 5.12. The zero-order valence-electron chi connectivity index (χ0n) is 19.2. The van der Waals surface area contributed by atoms with Gasteiger partial charge < -0.3 is 14.7 Å². The van der Waals surface area contributed by atoms with E-state index in [0.29, 0.717) is 37.3 Å². The Kier molecular flexibility index (Phi) is 6.25. The zero-order valence-corrected chi connectivity index (χ0v) is 19.2. The number of nitrogens with zero attached hydrogens (tertiary/aromatic N) is 2. The molecule has 3 aliphatic heterocycles. The molecule has 3 amide bonds. The van der Waals surface area contributed by atoms with Gasteiger partial charge in [0.2, 0.25) is 11.8 Å². The van der Waals surface area contributed by atoms with Gasteiger partial charge in [-0.3, -0.25) is 29.4 Å². The minimum atomic E-state index is -0.766. The molecule has 182 valence electrons. The predicted octanol–water partition coefficient (Wildman–Crippen LogP) is 2.08. The Bertz CT molecular complexity index is 1180. The molecule has 0 bridgehead atoms. The van der Waals surface area contributed by atoms with Crippen molar-refractivity contribution in [2.24, 2.45) is 0 Å². The molecular weight excluding hydrogens is 450 g/mol. The summed E-state index contributed by atoms with van der Waals surface area (Å²) in [5.41, 5.74) is 3.26. The van der Waals surface area contributed by atoms with Crippen LogP contribution in [0.5, 0.6) is 5.75 Å². The lowest BCUT2D eigenvalue weighted by atomic mass is 10.0. The summed E-state index contributed by atoms with van der Waals surface area (Å²) in [6.07, 6.45) is 2.11. The molecule has 2 unspecified atom stereocenters. The van der Waals surface area contributed by atoms with Crippen LogP contribution in [0.15, 0.2) is 42.5 Å². The van der Waals surface area contributed by atoms with Crippen molar-refractivity contribution in [1.29, 1.82) is 0 Å². The first-order valence-electron chi connectivity index (χ1n) is 11.8. The number of carbonyl (C=O) groups excluding carboxylic acids is 3. The van der Waals surface area contributed by atoms with Gasteiger partial charge in [0.15, 0.2) is 0 Å². The second-order valence-corrected chi connectivity index (χ2v) is 9.25. The number of nitrogens with one attached hydrogen (secondary N) is 1. The molecule has 9 heteroatoms. The normalized spacial score (nSPS) is 22.3. The highest BCUT2D eigenvalue weighted by Gasteiger charge is 2.40. The molecule has 2 atom stereocenters. The minimum Gasteiger partial charge on any atom is -0.489 e. The maximum absolute atomic E-state index is 13.0. The number of hydrogen-bond donors (Lipinski definition) is 2. The molecule has 5 rings (SSSR count). The summed E-state index contributed by atoms with van der Waals surface area (Å²) in [5, 5.41) is 11.7. The summed E-state index contributed by atoms with van der Waals surface area (Å²) in [6, 6.07) is 12.1. The van der Waals surface area contributed by atoms with E-state index in [2.05, 4.69) is 5.32 Å². The van der Waals surface area contributed by atoms with Crippen LogP contribution in [0, 0.1) is 0 Å². The number of ether oxygens (including phenoxy) is 1. The largest absolute Gasteiger partial charge is 0.489 e. The first-order chi connectivity index (χ1) is 16.9. The Hall–Kier alpha value is -3.72. The van der Waals surface area contributed by atoms with Gasteiger partial charge in [0.25, 0.3) is 5.91 Å². The van der Waals surface area contributed by atoms with Crippen molar-refractivity contribution in [3.8, 4) is 5.75 Å². The number of carboxylic acid groups (broad SMARTS) is 1. The van der Waals surface area contributed by atoms with Crippen molar-refractivity contribution < 1.29 is 29.0 Å². The lowest BCUT2D eigenvalue weighted by Gasteiger charge is -2.29. The van der Waals surface area contributed by atoms with Crippen molar-refractivity contribution in [2.45, 2.75) is 57.5 Å². The number of benzene rings is 2. The van der Waals surface area contributed by atoms with Crippen LogP contribution in [0.25, 0.3) is 0 Å². The van der Waals surface area contributed by atoms with Crippen LogP contribution in [-0.2, 0) is 34.1 Å². The Morgan fingerprint density at radius 2 is 1.83 bits per heavy atom. The van der Waals surface area contributed by atoms with E-state index in [0.717, 1.165) is 29.7 Å². The lowest BCUT2D eigenvalue weighted by Crippen LogP contribution is -2.52. The van der Waals surface area contributed by atoms with E-state index in [9.17, 15) is 24.3 Å². The first-order valence-corrected chi connectivity index (χ1v) is 11.8. The van der Waals surface area contributed by atoms with E-state index in [1.165, 1.54) is 4.90 Å². The van der Waals surface area contributed by atoms with Crippen LogP contribution in [0.3, 0.4) is 0 Å². The van der Waals surface area contributed by atoms with Crippen LogP contribution < -0.4 is 10.1 Å². The lowest BCUT2D eigenvalue weighted by molar-refractivity contribution is -0.142. The summed E-state index contributed by atoms with van der Waals surface area (Å²) in [7, 11) is 0. The number of fused-ring (bicyclic) bond motifs is 1. The third kappa shape index (κ3) is 4.64. The topological polar surface area (TPSA) is 116 Å². The van der Waals surface area contributed by atoms with Crippen molar-refractivity contribution in [2.75, 3.05) is 6.54 Å². The average Bonchev–Trinajstić information content (AvgIpc) is 3.44. The number of aliphatic carboxylic acids is 1. The second kappa shape index (κ2) is 9.50. The van der Waals surface area contributed by atoms with Gasteiger partial charge in [-0.05, 0) is 49.1 Å². The van der Waals surface area contributed by atoms with E-state index < -0.39 is 24.0 Å². The van der Waals surface area contributed by atoms with Crippen LogP contribution in [0.4, 0.5) is 0 Å². The highest BCUT2D eigenvalue weighted by Crippen LogP contribution is 2.34. The fraction of sp³-hybridized carbons (Fsp3) is 0.385. The number of likely N-dealkylation sites (tertiary alicyclic amines) is 1. The number of amides is 3. The number of carbonyl (C=O) groups is 4. The van der Waals surface area contributed by atoms with Gasteiger partial charge in [-0.1, -0.05) is 30.3 Å². The van der Waals surface area contributed by atoms with Crippen LogP contribution in [0.1, 0.15) is 52.7 Å². The second-order valence-electron chi connectivity index (χ2n) is 9.25. The van der Waals surface area contributed by atoms with Gasteiger partial charge >= 0.3 is 5.97 Å². The quantitative estimate of drug-likeness (QED) is 0.587. The van der Waals surface area contributed by atoms with Crippen molar-refractivity contribution in [1.82, 2.24) is 15.1 Å². The molecule has 9 nitrogen and oxygen atoms in total. The van der Waals surface area contributed by atoms with Crippen molar-refractivity contribution in [3.05, 3.63) is 64.7 Å². The number of imide groups is 1. The molecule has 35 heavy (non-hydrogen) atoms. The molecule has 0 aromatic heterocycles. The number of piperidine rings is 1. The standard InChI is InChI=1S/C26H27N3O6/c30-23-11-10-20(24(31)27-23)29-14-19-18(25(29)32)3-1-5-22(19)35-15-17-8-6-16(7-9-17)13-28-12-2-4-21(28)26(33)34/h1,3,5-9,20-21H,2,4,10-15H2,(H,33,34)(H,27,30,31). The van der Waals surface area contributed by atoms with Gasteiger partial charge in [-0.15, -0.1) is 0 Å². The van der Waals surface area contributed by atoms with Crippen LogP contribution >= 0.6 is 0 Å². The minimum absolute atomic E-state index is 0.213. The zero-order chi connectivity index (χ0) is 24.5. The Morgan fingerprint density at radius 3 is 2.57 bits per heavy atom. The Morgan fingerprint density at radius 1 is 1.06 bits per heavy atom. The van der Waals surface area contributed by atoms with Crippen LogP contribution in [-0.4, -0.2) is 57.2 Å². The molecule has 2 aromatic rings. The smallest absolute Gasteiger partial charge is 0.320 e. The third-order valence-corrected chi connectivity index (χ3v) is 6.99. The summed E-state index contributed by atoms with van der Waals surface area (Å²) in [4.78, 5) is 51.6. The fourth-order valence-corrected chi connectivity index (χ4v) is 5.12. The van der Waals surface area contributed by atoms with Gasteiger partial charge in [-0.25, -0.2) is 0 Å². The highest BCUT2D eigenvalue weighted by atomic mass is 16.5. The number of rotatable bonds is 7. The highest BCUT2D eigenvalue weighted by molar-refractivity contribution is 6.05. The molecule has 3 heterocycles. The molecule has 2 saturated heterocycles. The van der Waals surface area contributed by atoms with E-state index >= 15 is 0 Å². The maximum atomic E-state index is 13.0. The molecule has 2 fully saturated rings. The summed E-state index contributed by atoms with van der Waals surface area (Å²) < 4.78 is 6.06. The van der Waals surface area contributed by atoms with Crippen molar-refractivity contribution >= 4 is 23.7 Å².